The van der Waals surface area contributed by atoms with Crippen molar-refractivity contribution in [1.29, 1.82) is 0 Å². The molecule has 34 heavy (non-hydrogen) atoms. The lowest BCUT2D eigenvalue weighted by Crippen LogP contribution is -2.40. The molecule has 3 aromatic rings. The van der Waals surface area contributed by atoms with Crippen molar-refractivity contribution in [3.63, 3.8) is 0 Å². The molecule has 0 saturated carbocycles. The zero-order chi connectivity index (χ0) is 24.1. The van der Waals surface area contributed by atoms with Gasteiger partial charge in [-0.3, -0.25) is 4.79 Å². The Bertz CT molecular complexity index is 1240. The number of hydrogen-bond donors (Lipinski definition) is 0. The average molecular weight is 490 g/mol. The van der Waals surface area contributed by atoms with Crippen LogP contribution >= 0.6 is 0 Å². The largest absolute Gasteiger partial charge is 0.493 e. The van der Waals surface area contributed by atoms with Gasteiger partial charge in [-0.25, -0.2) is 12.8 Å². The minimum absolute atomic E-state index is 0.0213. The molecule has 2 heterocycles. The Morgan fingerprint density at radius 2 is 1.85 bits per heavy atom. The Morgan fingerprint density at radius 3 is 2.56 bits per heavy atom. The van der Waals surface area contributed by atoms with Crippen molar-refractivity contribution in [2.75, 3.05) is 19.7 Å². The first-order valence-electron chi connectivity index (χ1n) is 10.9. The molecule has 0 spiro atoms. The minimum atomic E-state index is -3.74. The Labute approximate surface area is 196 Å². The first-order chi connectivity index (χ1) is 16.4. The lowest BCUT2D eigenvalue weighted by molar-refractivity contribution is -0.152. The molecule has 1 fully saturated rings. The summed E-state index contributed by atoms with van der Waals surface area (Å²) in [7, 11) is -3.74. The van der Waals surface area contributed by atoms with E-state index < -0.39 is 27.7 Å². The molecular weight excluding hydrogens is 465 g/mol. The highest BCUT2D eigenvalue weighted by atomic mass is 32.2. The van der Waals surface area contributed by atoms with Crippen molar-refractivity contribution in [3.8, 4) is 17.1 Å². The lowest BCUT2D eigenvalue weighted by Gasteiger charge is -2.30. The third-order valence-corrected chi connectivity index (χ3v) is 7.39. The van der Waals surface area contributed by atoms with Crippen LogP contribution in [0, 0.1) is 11.7 Å². The van der Waals surface area contributed by atoms with Crippen molar-refractivity contribution < 1.29 is 31.6 Å². The Balaban J connectivity index is 1.31. The van der Waals surface area contributed by atoms with E-state index in [2.05, 4.69) is 10.1 Å². The average Bonchev–Trinajstić information content (AvgIpc) is 3.32. The number of rotatable bonds is 8. The van der Waals surface area contributed by atoms with Gasteiger partial charge in [0, 0.05) is 13.1 Å². The van der Waals surface area contributed by atoms with E-state index in [1.165, 1.54) is 16.4 Å². The van der Waals surface area contributed by atoms with E-state index in [0.29, 0.717) is 36.6 Å². The minimum Gasteiger partial charge on any atom is -0.493 e. The molecule has 4 rings (SSSR count). The van der Waals surface area contributed by atoms with E-state index in [1.807, 2.05) is 19.1 Å². The molecule has 1 saturated heterocycles. The van der Waals surface area contributed by atoms with E-state index in [1.54, 1.807) is 12.1 Å². The third kappa shape index (κ3) is 5.26. The Kier molecular flexibility index (Phi) is 7.23. The summed E-state index contributed by atoms with van der Waals surface area (Å²) >= 11 is 0. The summed E-state index contributed by atoms with van der Waals surface area (Å²) in [5.41, 5.74) is 0.667. The van der Waals surface area contributed by atoms with Gasteiger partial charge in [-0.15, -0.1) is 0 Å². The van der Waals surface area contributed by atoms with Crippen LogP contribution in [0.1, 0.15) is 25.7 Å². The smallest absolute Gasteiger partial charge is 0.309 e. The number of sulfonamides is 1. The summed E-state index contributed by atoms with van der Waals surface area (Å²) in [6, 6.07) is 12.0. The normalized spacial score (nSPS) is 15.2. The molecule has 0 radical (unpaired) electrons. The second-order valence-electron chi connectivity index (χ2n) is 7.68. The number of ether oxygens (including phenoxy) is 2. The molecule has 0 N–H and O–H groups in total. The van der Waals surface area contributed by atoms with Crippen LogP contribution in [0.2, 0.25) is 0 Å². The number of aromatic nitrogens is 2. The predicted octanol–water partition coefficient (Wildman–Crippen LogP) is 3.42. The van der Waals surface area contributed by atoms with Gasteiger partial charge in [-0.1, -0.05) is 17.3 Å². The number of carbonyl (C=O) groups is 1. The number of carbonyl (C=O) groups excluding carboxylic acids is 1. The molecule has 0 unspecified atom stereocenters. The van der Waals surface area contributed by atoms with Gasteiger partial charge >= 0.3 is 5.97 Å². The molecule has 0 atom stereocenters. The Morgan fingerprint density at radius 1 is 1.15 bits per heavy atom. The van der Waals surface area contributed by atoms with Crippen LogP contribution in [0.4, 0.5) is 4.39 Å². The second kappa shape index (κ2) is 10.3. The molecule has 11 heteroatoms. The molecule has 2 aromatic carbocycles. The first-order valence-corrected chi connectivity index (χ1v) is 12.3. The standard InChI is InChI=1S/C23H24FN3O6S/c1-2-31-20-6-4-3-5-19(20)22-25-21(33-26-22)15-32-23(28)16-11-13-27(14-12-16)34(29,30)18-9-7-17(24)8-10-18/h3-10,16H,2,11-15H2,1H3. The maximum Gasteiger partial charge on any atom is 0.309 e. The first kappa shape index (κ1) is 23.8. The second-order valence-corrected chi connectivity index (χ2v) is 9.62. The summed E-state index contributed by atoms with van der Waals surface area (Å²) in [5, 5.41) is 3.94. The van der Waals surface area contributed by atoms with Crippen LogP contribution in [0.15, 0.2) is 57.9 Å². The van der Waals surface area contributed by atoms with Gasteiger partial charge in [0.25, 0.3) is 5.89 Å². The lowest BCUT2D eigenvalue weighted by atomic mass is 9.98. The van der Waals surface area contributed by atoms with E-state index >= 15 is 0 Å². The van der Waals surface area contributed by atoms with Gasteiger partial charge in [0.1, 0.15) is 11.6 Å². The molecule has 1 aromatic heterocycles. The van der Waals surface area contributed by atoms with Gasteiger partial charge in [-0.2, -0.15) is 9.29 Å². The molecule has 1 aliphatic heterocycles. The summed E-state index contributed by atoms with van der Waals surface area (Å²) in [5.74, 6) is -0.307. The summed E-state index contributed by atoms with van der Waals surface area (Å²) in [6.07, 6.45) is 0.631. The van der Waals surface area contributed by atoms with E-state index in [0.717, 1.165) is 12.1 Å². The quantitative estimate of drug-likeness (QED) is 0.443. The number of nitrogens with zero attached hydrogens (tertiary/aromatic N) is 3. The highest BCUT2D eigenvalue weighted by Crippen LogP contribution is 2.28. The third-order valence-electron chi connectivity index (χ3n) is 5.47. The number of halogens is 1. The fourth-order valence-electron chi connectivity index (χ4n) is 3.69. The van der Waals surface area contributed by atoms with Crippen LogP contribution in [0.25, 0.3) is 11.4 Å². The number of para-hydroxylation sites is 1. The SMILES string of the molecule is CCOc1ccccc1-c1noc(COC(=O)C2CCN(S(=O)(=O)c3ccc(F)cc3)CC2)n1. The van der Waals surface area contributed by atoms with Crippen molar-refractivity contribution in [2.45, 2.75) is 31.3 Å². The van der Waals surface area contributed by atoms with E-state index in [9.17, 15) is 17.6 Å². The highest BCUT2D eigenvalue weighted by molar-refractivity contribution is 7.89. The zero-order valence-electron chi connectivity index (χ0n) is 18.5. The summed E-state index contributed by atoms with van der Waals surface area (Å²) in [4.78, 5) is 16.8. The number of piperidine rings is 1. The van der Waals surface area contributed by atoms with Crippen LogP contribution in [-0.4, -0.2) is 48.5 Å². The highest BCUT2D eigenvalue weighted by Gasteiger charge is 2.33. The van der Waals surface area contributed by atoms with Crippen LogP contribution < -0.4 is 4.74 Å². The fourth-order valence-corrected chi connectivity index (χ4v) is 5.16. The van der Waals surface area contributed by atoms with E-state index in [-0.39, 0.29) is 30.5 Å². The van der Waals surface area contributed by atoms with Gasteiger partial charge in [-0.05, 0) is 56.2 Å². The van der Waals surface area contributed by atoms with Gasteiger partial charge in [0.2, 0.25) is 15.8 Å². The molecule has 0 amide bonds. The monoisotopic (exact) mass is 489 g/mol. The Hall–Kier alpha value is -3.31. The molecule has 1 aliphatic rings. The van der Waals surface area contributed by atoms with Gasteiger partial charge in [0.15, 0.2) is 6.61 Å². The van der Waals surface area contributed by atoms with Crippen LogP contribution in [0.5, 0.6) is 5.75 Å². The van der Waals surface area contributed by atoms with Crippen molar-refractivity contribution in [3.05, 3.63) is 60.2 Å². The maximum atomic E-state index is 13.1. The van der Waals surface area contributed by atoms with Crippen molar-refractivity contribution >= 4 is 16.0 Å². The van der Waals surface area contributed by atoms with Gasteiger partial charge in [0.05, 0.1) is 23.0 Å². The van der Waals surface area contributed by atoms with Gasteiger partial charge < -0.3 is 14.0 Å². The van der Waals surface area contributed by atoms with Crippen molar-refractivity contribution in [2.24, 2.45) is 5.92 Å². The molecular formula is C23H24FN3O6S. The fraction of sp³-hybridized carbons (Fsp3) is 0.348. The number of hydrogen-bond acceptors (Lipinski definition) is 8. The number of esters is 1. The molecule has 180 valence electrons. The van der Waals surface area contributed by atoms with Crippen LogP contribution in [-0.2, 0) is 26.2 Å². The molecule has 0 bridgehead atoms. The number of benzene rings is 2. The predicted molar refractivity (Wildman–Crippen MR) is 119 cm³/mol. The van der Waals surface area contributed by atoms with Crippen LogP contribution in [0.3, 0.4) is 0 Å². The summed E-state index contributed by atoms with van der Waals surface area (Å²) < 4.78 is 56.0. The molecule has 0 aliphatic carbocycles. The van der Waals surface area contributed by atoms with Crippen molar-refractivity contribution in [1.82, 2.24) is 14.4 Å². The topological polar surface area (TPSA) is 112 Å². The maximum absolute atomic E-state index is 13.1. The van der Waals surface area contributed by atoms with E-state index in [4.69, 9.17) is 14.0 Å². The zero-order valence-corrected chi connectivity index (χ0v) is 19.3. The molecule has 9 nitrogen and oxygen atoms in total. The summed E-state index contributed by atoms with van der Waals surface area (Å²) in [6.45, 7) is 2.51.